The van der Waals surface area contributed by atoms with Crippen LogP contribution >= 0.6 is 11.3 Å². The van der Waals surface area contributed by atoms with Crippen LogP contribution in [0.25, 0.3) is 0 Å². The third-order valence-corrected chi connectivity index (χ3v) is 4.64. The van der Waals surface area contributed by atoms with Crippen LogP contribution in [0, 0.1) is 0 Å². The summed E-state index contributed by atoms with van der Waals surface area (Å²) in [5, 5.41) is 3.34. The zero-order valence-electron chi connectivity index (χ0n) is 11.8. The first-order valence-corrected chi connectivity index (χ1v) is 7.80. The Morgan fingerprint density at radius 2 is 2.09 bits per heavy atom. The van der Waals surface area contributed by atoms with Crippen LogP contribution in [0.4, 0.5) is 5.13 Å². The molecule has 0 fully saturated rings. The van der Waals surface area contributed by atoms with Crippen LogP contribution in [0.2, 0.25) is 0 Å². The van der Waals surface area contributed by atoms with Gasteiger partial charge < -0.3 is 11.5 Å². The summed E-state index contributed by atoms with van der Waals surface area (Å²) in [7, 11) is 0. The highest BCUT2D eigenvalue weighted by molar-refractivity contribution is 7.15. The molecule has 114 valence electrons. The Labute approximate surface area is 131 Å². The predicted octanol–water partition coefficient (Wildman–Crippen LogP) is 1.31. The number of carbonyl (C=O) groups is 2. The van der Waals surface area contributed by atoms with Gasteiger partial charge in [-0.3, -0.25) is 14.9 Å². The summed E-state index contributed by atoms with van der Waals surface area (Å²) in [5.41, 5.74) is 12.9. The van der Waals surface area contributed by atoms with E-state index in [1.807, 2.05) is 0 Å². The first-order chi connectivity index (χ1) is 10.5. The minimum atomic E-state index is -0.562. The van der Waals surface area contributed by atoms with Gasteiger partial charge >= 0.3 is 0 Å². The fraction of sp³-hybridized carbons (Fsp3) is 0.267. The fourth-order valence-electron chi connectivity index (χ4n) is 2.44. The summed E-state index contributed by atoms with van der Waals surface area (Å²) < 4.78 is 0. The number of rotatable bonds is 3. The number of anilines is 1. The number of benzene rings is 1. The van der Waals surface area contributed by atoms with Gasteiger partial charge in [-0.1, -0.05) is 6.07 Å². The molecule has 0 bridgehead atoms. The molecule has 1 heterocycles. The number of nitrogens with one attached hydrogen (secondary N) is 1. The molecule has 0 saturated heterocycles. The monoisotopic (exact) mass is 316 g/mol. The number of hydrogen-bond donors (Lipinski definition) is 3. The lowest BCUT2D eigenvalue weighted by molar-refractivity contribution is 0.1000. The molecule has 0 radical (unpaired) electrons. The zero-order valence-corrected chi connectivity index (χ0v) is 12.7. The molecule has 0 saturated carbocycles. The summed E-state index contributed by atoms with van der Waals surface area (Å²) in [6.45, 7) is 0. The smallest absolute Gasteiger partial charge is 0.257 e. The van der Waals surface area contributed by atoms with E-state index in [0.717, 1.165) is 29.8 Å². The Kier molecular flexibility index (Phi) is 3.91. The van der Waals surface area contributed by atoms with Crippen molar-refractivity contribution in [3.05, 3.63) is 46.0 Å². The van der Waals surface area contributed by atoms with Gasteiger partial charge in [0.15, 0.2) is 5.13 Å². The van der Waals surface area contributed by atoms with Gasteiger partial charge in [0.1, 0.15) is 0 Å². The molecule has 0 spiro atoms. The van der Waals surface area contributed by atoms with Gasteiger partial charge in [-0.15, -0.1) is 11.3 Å². The fourth-order valence-corrected chi connectivity index (χ4v) is 3.53. The third-order valence-electron chi connectivity index (χ3n) is 3.61. The van der Waals surface area contributed by atoms with E-state index in [1.54, 1.807) is 18.2 Å². The quantitative estimate of drug-likeness (QED) is 0.792. The Hall–Kier alpha value is -2.25. The number of aromatic nitrogens is 1. The van der Waals surface area contributed by atoms with Crippen molar-refractivity contribution in [1.29, 1.82) is 0 Å². The van der Waals surface area contributed by atoms with Gasteiger partial charge in [-0.25, -0.2) is 4.98 Å². The SMILES string of the molecule is NC(=O)c1cccc(C(=O)Nc2nc3c(s2)C[C@@H](N)CC3)c1. The molecule has 1 atom stereocenters. The number of nitrogens with two attached hydrogens (primary N) is 2. The van der Waals surface area contributed by atoms with E-state index in [-0.39, 0.29) is 11.9 Å². The van der Waals surface area contributed by atoms with Crippen molar-refractivity contribution < 1.29 is 9.59 Å². The highest BCUT2D eigenvalue weighted by Gasteiger charge is 2.21. The molecule has 1 aromatic heterocycles. The number of aryl methyl sites for hydroxylation is 1. The van der Waals surface area contributed by atoms with Gasteiger partial charge in [0.05, 0.1) is 5.69 Å². The number of fused-ring (bicyclic) bond motifs is 1. The molecule has 3 rings (SSSR count). The maximum atomic E-state index is 12.2. The standard InChI is InChI=1S/C15H16N4O2S/c16-10-4-5-11-12(7-10)22-15(18-11)19-14(21)9-3-1-2-8(6-9)13(17)20/h1-3,6,10H,4-5,7,16H2,(H2,17,20)(H,18,19,21)/t10-/m0/s1. The summed E-state index contributed by atoms with van der Waals surface area (Å²) in [4.78, 5) is 29.0. The van der Waals surface area contributed by atoms with Crippen LogP contribution in [0.1, 0.15) is 37.7 Å². The summed E-state index contributed by atoms with van der Waals surface area (Å²) in [6.07, 6.45) is 2.57. The number of nitrogens with zero attached hydrogens (tertiary/aromatic N) is 1. The second-order valence-corrected chi connectivity index (χ2v) is 6.37. The van der Waals surface area contributed by atoms with E-state index in [2.05, 4.69) is 10.3 Å². The normalized spacial score (nSPS) is 16.9. The Morgan fingerprint density at radius 3 is 2.86 bits per heavy atom. The Balaban J connectivity index is 1.77. The molecule has 6 nitrogen and oxygen atoms in total. The minimum absolute atomic E-state index is 0.170. The molecule has 2 amide bonds. The number of hydrogen-bond acceptors (Lipinski definition) is 5. The lowest BCUT2D eigenvalue weighted by atomic mass is 9.99. The summed E-state index contributed by atoms with van der Waals surface area (Å²) >= 11 is 1.46. The molecule has 2 aromatic rings. The van der Waals surface area contributed by atoms with E-state index >= 15 is 0 Å². The first-order valence-electron chi connectivity index (χ1n) is 6.98. The number of amides is 2. The van der Waals surface area contributed by atoms with Gasteiger partial charge in [-0.2, -0.15) is 0 Å². The maximum Gasteiger partial charge on any atom is 0.257 e. The van der Waals surface area contributed by atoms with Crippen LogP contribution in [0.5, 0.6) is 0 Å². The van der Waals surface area contributed by atoms with E-state index < -0.39 is 5.91 Å². The molecule has 0 aliphatic heterocycles. The molecule has 1 aromatic carbocycles. The van der Waals surface area contributed by atoms with Crippen molar-refractivity contribution in [2.45, 2.75) is 25.3 Å². The topological polar surface area (TPSA) is 111 Å². The van der Waals surface area contributed by atoms with Crippen LogP contribution in [0.15, 0.2) is 24.3 Å². The highest BCUT2D eigenvalue weighted by atomic mass is 32.1. The zero-order chi connectivity index (χ0) is 15.7. The molecular weight excluding hydrogens is 300 g/mol. The second-order valence-electron chi connectivity index (χ2n) is 5.29. The average Bonchev–Trinajstić information content (AvgIpc) is 2.88. The van der Waals surface area contributed by atoms with Gasteiger partial charge in [0.25, 0.3) is 5.91 Å². The summed E-state index contributed by atoms with van der Waals surface area (Å²) in [5.74, 6) is -0.869. The number of primary amides is 1. The van der Waals surface area contributed by atoms with Crippen molar-refractivity contribution in [3.63, 3.8) is 0 Å². The van der Waals surface area contributed by atoms with Crippen LogP contribution in [0.3, 0.4) is 0 Å². The van der Waals surface area contributed by atoms with Gasteiger partial charge in [0.2, 0.25) is 5.91 Å². The van der Waals surface area contributed by atoms with Crippen LogP contribution < -0.4 is 16.8 Å². The molecule has 1 aliphatic carbocycles. The predicted molar refractivity (Wildman–Crippen MR) is 85.0 cm³/mol. The lowest BCUT2D eigenvalue weighted by Crippen LogP contribution is -2.27. The van der Waals surface area contributed by atoms with Crippen LogP contribution in [-0.2, 0) is 12.8 Å². The first kappa shape index (κ1) is 14.7. The third kappa shape index (κ3) is 3.00. The van der Waals surface area contributed by atoms with Gasteiger partial charge in [0, 0.05) is 22.0 Å². The largest absolute Gasteiger partial charge is 0.366 e. The Bertz CT molecular complexity index is 741. The van der Waals surface area contributed by atoms with E-state index in [9.17, 15) is 9.59 Å². The molecule has 7 heteroatoms. The Morgan fingerprint density at radius 1 is 1.32 bits per heavy atom. The van der Waals surface area contributed by atoms with Crippen molar-refractivity contribution in [2.75, 3.05) is 5.32 Å². The van der Waals surface area contributed by atoms with Crippen molar-refractivity contribution >= 4 is 28.3 Å². The summed E-state index contributed by atoms with van der Waals surface area (Å²) in [6, 6.07) is 6.47. The van der Waals surface area contributed by atoms with E-state index in [1.165, 1.54) is 17.4 Å². The average molecular weight is 316 g/mol. The van der Waals surface area contributed by atoms with Crippen molar-refractivity contribution in [3.8, 4) is 0 Å². The van der Waals surface area contributed by atoms with Gasteiger partial charge in [-0.05, 0) is 37.5 Å². The van der Waals surface area contributed by atoms with Crippen molar-refractivity contribution in [2.24, 2.45) is 11.5 Å². The highest BCUT2D eigenvalue weighted by Crippen LogP contribution is 2.29. The number of thiazole rings is 1. The molecule has 22 heavy (non-hydrogen) atoms. The molecular formula is C15H16N4O2S. The molecule has 5 N–H and O–H groups in total. The van der Waals surface area contributed by atoms with E-state index in [0.29, 0.717) is 16.3 Å². The number of carbonyl (C=O) groups excluding carboxylic acids is 2. The van der Waals surface area contributed by atoms with Crippen LogP contribution in [-0.4, -0.2) is 22.8 Å². The maximum absolute atomic E-state index is 12.2. The molecule has 1 aliphatic rings. The van der Waals surface area contributed by atoms with E-state index in [4.69, 9.17) is 11.5 Å². The molecule has 0 unspecified atom stereocenters. The van der Waals surface area contributed by atoms with Crippen molar-refractivity contribution in [1.82, 2.24) is 4.98 Å². The minimum Gasteiger partial charge on any atom is -0.366 e. The lowest BCUT2D eigenvalue weighted by Gasteiger charge is -2.15. The second kappa shape index (κ2) is 5.86.